The van der Waals surface area contributed by atoms with Crippen molar-refractivity contribution in [1.29, 1.82) is 0 Å². The molecule has 2 amide bonds. The molecular weight excluding hydrogens is 408 g/mol. The molecular formula is C25H24N2O5. The van der Waals surface area contributed by atoms with Crippen molar-refractivity contribution >= 4 is 23.7 Å². The van der Waals surface area contributed by atoms with Crippen molar-refractivity contribution < 1.29 is 23.9 Å². The Hall–Kier alpha value is -4.13. The first-order chi connectivity index (χ1) is 15.6. The minimum Gasteiger partial charge on any atom is -0.461 e. The molecule has 7 nitrogen and oxygen atoms in total. The zero-order chi connectivity index (χ0) is 22.6. The summed E-state index contributed by atoms with van der Waals surface area (Å²) in [5.41, 5.74) is 2.16. The highest BCUT2D eigenvalue weighted by molar-refractivity contribution is 5.93. The first-order valence-electron chi connectivity index (χ1n) is 10.1. The molecule has 3 aromatic carbocycles. The van der Waals surface area contributed by atoms with Gasteiger partial charge in [-0.25, -0.2) is 9.59 Å². The van der Waals surface area contributed by atoms with E-state index < -0.39 is 24.0 Å². The Bertz CT molecular complexity index is 1010. The van der Waals surface area contributed by atoms with Crippen LogP contribution in [0.5, 0.6) is 0 Å². The Kier molecular flexibility index (Phi) is 8.39. The van der Waals surface area contributed by atoms with Gasteiger partial charge in [0.2, 0.25) is 0 Å². The Morgan fingerprint density at radius 3 is 1.75 bits per heavy atom. The number of nitrogens with one attached hydrogen (secondary N) is 2. The number of anilines is 1. The third kappa shape index (κ3) is 7.60. The molecule has 1 atom stereocenters. The Morgan fingerprint density at radius 2 is 1.19 bits per heavy atom. The minimum atomic E-state index is -1.20. The van der Waals surface area contributed by atoms with Gasteiger partial charge in [0.15, 0.2) is 0 Å². The van der Waals surface area contributed by atoms with Crippen LogP contribution in [0.4, 0.5) is 10.5 Å². The van der Waals surface area contributed by atoms with Crippen molar-refractivity contribution in [1.82, 2.24) is 5.32 Å². The van der Waals surface area contributed by atoms with E-state index in [0.717, 1.165) is 11.1 Å². The highest BCUT2D eigenvalue weighted by Gasteiger charge is 2.26. The molecule has 7 heteroatoms. The molecule has 0 saturated carbocycles. The number of carbonyl (C=O) groups is 3. The molecule has 0 fully saturated rings. The molecule has 3 rings (SSSR count). The molecule has 0 aliphatic carbocycles. The molecule has 0 aromatic heterocycles. The maximum absolute atomic E-state index is 12.6. The summed E-state index contributed by atoms with van der Waals surface area (Å²) in [6.45, 7) is 0.0961. The largest absolute Gasteiger partial charge is 0.461 e. The lowest BCUT2D eigenvalue weighted by Crippen LogP contribution is -2.45. The summed E-state index contributed by atoms with van der Waals surface area (Å²) in [6.07, 6.45) is -0.358. The summed E-state index contributed by atoms with van der Waals surface area (Å²) in [4.78, 5) is 37.4. The zero-order valence-electron chi connectivity index (χ0n) is 17.4. The summed E-state index contributed by atoms with van der Waals surface area (Å²) >= 11 is 0. The van der Waals surface area contributed by atoms with E-state index in [4.69, 9.17) is 9.47 Å². The fourth-order valence-corrected chi connectivity index (χ4v) is 2.83. The SMILES string of the molecule is O=C(Nc1ccccc1)N[C@@H](CC(=O)OCc1ccccc1)C(=O)OCc1ccccc1. The van der Waals surface area contributed by atoms with Crippen LogP contribution in [0.25, 0.3) is 0 Å². The number of carbonyl (C=O) groups excluding carboxylic acids is 3. The quantitative estimate of drug-likeness (QED) is 0.498. The topological polar surface area (TPSA) is 93.7 Å². The van der Waals surface area contributed by atoms with Crippen LogP contribution in [-0.4, -0.2) is 24.0 Å². The van der Waals surface area contributed by atoms with Crippen LogP contribution in [-0.2, 0) is 32.3 Å². The van der Waals surface area contributed by atoms with E-state index in [-0.39, 0.29) is 19.6 Å². The summed E-state index contributed by atoms with van der Waals surface area (Å²) in [5.74, 6) is -1.36. The van der Waals surface area contributed by atoms with Crippen LogP contribution in [0.2, 0.25) is 0 Å². The van der Waals surface area contributed by atoms with Gasteiger partial charge in [0.05, 0.1) is 6.42 Å². The van der Waals surface area contributed by atoms with E-state index in [1.807, 2.05) is 66.7 Å². The Morgan fingerprint density at radius 1 is 0.688 bits per heavy atom. The molecule has 0 spiro atoms. The predicted molar refractivity (Wildman–Crippen MR) is 119 cm³/mol. The summed E-state index contributed by atoms with van der Waals surface area (Å²) in [6, 6.07) is 25.2. The van der Waals surface area contributed by atoms with Gasteiger partial charge >= 0.3 is 18.0 Å². The number of urea groups is 1. The number of rotatable bonds is 9. The van der Waals surface area contributed by atoms with Crippen molar-refractivity contribution in [3.63, 3.8) is 0 Å². The highest BCUT2D eigenvalue weighted by atomic mass is 16.5. The number of para-hydroxylation sites is 1. The number of benzene rings is 3. The zero-order valence-corrected chi connectivity index (χ0v) is 17.4. The number of hydrogen-bond acceptors (Lipinski definition) is 5. The van der Waals surface area contributed by atoms with Gasteiger partial charge < -0.3 is 20.1 Å². The average molecular weight is 432 g/mol. The maximum Gasteiger partial charge on any atom is 0.329 e. The number of hydrogen-bond donors (Lipinski definition) is 2. The molecule has 0 aliphatic heterocycles. The van der Waals surface area contributed by atoms with E-state index in [1.54, 1.807) is 24.3 Å². The summed E-state index contributed by atoms with van der Waals surface area (Å²) < 4.78 is 10.6. The fourth-order valence-electron chi connectivity index (χ4n) is 2.83. The van der Waals surface area contributed by atoms with Crippen LogP contribution in [0.15, 0.2) is 91.0 Å². The van der Waals surface area contributed by atoms with Gasteiger partial charge in [-0.1, -0.05) is 78.9 Å². The molecule has 0 bridgehead atoms. The molecule has 0 heterocycles. The first-order valence-corrected chi connectivity index (χ1v) is 10.1. The molecule has 0 radical (unpaired) electrons. The molecule has 3 aromatic rings. The van der Waals surface area contributed by atoms with Crippen molar-refractivity contribution in [3.05, 3.63) is 102 Å². The third-order valence-electron chi connectivity index (χ3n) is 4.46. The molecule has 0 saturated heterocycles. The Labute approximate surface area is 186 Å². The van der Waals surface area contributed by atoms with Gasteiger partial charge in [0.1, 0.15) is 19.3 Å². The van der Waals surface area contributed by atoms with Crippen molar-refractivity contribution in [3.8, 4) is 0 Å². The minimum absolute atomic E-state index is 0.0250. The number of esters is 2. The number of ether oxygens (including phenoxy) is 2. The highest BCUT2D eigenvalue weighted by Crippen LogP contribution is 2.08. The Balaban J connectivity index is 1.60. The molecule has 32 heavy (non-hydrogen) atoms. The van der Waals surface area contributed by atoms with Crippen LogP contribution in [0.3, 0.4) is 0 Å². The second-order valence-corrected chi connectivity index (χ2v) is 6.96. The summed E-state index contributed by atoms with van der Waals surface area (Å²) in [7, 11) is 0. The molecule has 164 valence electrons. The molecule has 2 N–H and O–H groups in total. The second kappa shape index (κ2) is 11.9. The smallest absolute Gasteiger partial charge is 0.329 e. The van der Waals surface area contributed by atoms with Gasteiger partial charge in [0.25, 0.3) is 0 Å². The first kappa shape index (κ1) is 22.6. The van der Waals surface area contributed by atoms with E-state index in [9.17, 15) is 14.4 Å². The van der Waals surface area contributed by atoms with Gasteiger partial charge in [-0.3, -0.25) is 4.79 Å². The van der Waals surface area contributed by atoms with Crippen molar-refractivity contribution in [2.45, 2.75) is 25.7 Å². The third-order valence-corrected chi connectivity index (χ3v) is 4.46. The van der Waals surface area contributed by atoms with E-state index >= 15 is 0 Å². The van der Waals surface area contributed by atoms with E-state index in [1.165, 1.54) is 0 Å². The van der Waals surface area contributed by atoms with Gasteiger partial charge in [-0.05, 0) is 23.3 Å². The van der Waals surface area contributed by atoms with Crippen LogP contribution in [0, 0.1) is 0 Å². The van der Waals surface area contributed by atoms with Crippen LogP contribution in [0.1, 0.15) is 17.5 Å². The van der Waals surface area contributed by atoms with E-state index in [2.05, 4.69) is 10.6 Å². The standard InChI is InChI=1S/C25H24N2O5/c28-23(31-17-19-10-4-1-5-11-19)16-22(24(29)32-18-20-12-6-2-7-13-20)27-25(30)26-21-14-8-3-9-15-21/h1-15,22H,16-18H2,(H2,26,27,30)/t22-/m0/s1. The van der Waals surface area contributed by atoms with Crippen molar-refractivity contribution in [2.24, 2.45) is 0 Å². The van der Waals surface area contributed by atoms with Crippen LogP contribution >= 0.6 is 0 Å². The molecule has 0 unspecified atom stereocenters. The van der Waals surface area contributed by atoms with Gasteiger partial charge in [-0.15, -0.1) is 0 Å². The maximum atomic E-state index is 12.6. The fraction of sp³-hybridized carbons (Fsp3) is 0.160. The van der Waals surface area contributed by atoms with Gasteiger partial charge in [0, 0.05) is 5.69 Å². The molecule has 0 aliphatic rings. The van der Waals surface area contributed by atoms with Crippen molar-refractivity contribution in [2.75, 3.05) is 5.32 Å². The predicted octanol–water partition coefficient (Wildman–Crippen LogP) is 4.05. The second-order valence-electron chi connectivity index (χ2n) is 6.96. The average Bonchev–Trinajstić information content (AvgIpc) is 2.83. The lowest BCUT2D eigenvalue weighted by Gasteiger charge is -2.18. The van der Waals surface area contributed by atoms with Gasteiger partial charge in [-0.2, -0.15) is 0 Å². The lowest BCUT2D eigenvalue weighted by atomic mass is 10.2. The van der Waals surface area contributed by atoms with Crippen LogP contribution < -0.4 is 10.6 Å². The monoisotopic (exact) mass is 432 g/mol. The normalized spacial score (nSPS) is 11.1. The summed E-state index contributed by atoms with van der Waals surface area (Å²) in [5, 5.41) is 5.13. The van der Waals surface area contributed by atoms with E-state index in [0.29, 0.717) is 5.69 Å². The number of amides is 2. The lowest BCUT2D eigenvalue weighted by molar-refractivity contribution is -0.153.